The third-order valence-corrected chi connectivity index (χ3v) is 4.98. The smallest absolute Gasteiger partial charge is 0.317 e. The minimum absolute atomic E-state index is 0.0808. The molecule has 0 aromatic heterocycles. The van der Waals surface area contributed by atoms with Crippen molar-refractivity contribution >= 4 is 12.0 Å². The van der Waals surface area contributed by atoms with Crippen molar-refractivity contribution in [3.63, 3.8) is 0 Å². The maximum Gasteiger partial charge on any atom is 0.317 e. The molecule has 2 amide bonds. The number of aliphatic carboxylic acids is 1. The molecule has 0 bridgehead atoms. The molecule has 5 nitrogen and oxygen atoms in total. The average molecular weight is 282 g/mol. The monoisotopic (exact) mass is 282 g/mol. The van der Waals surface area contributed by atoms with Gasteiger partial charge in [-0.15, -0.1) is 0 Å². The number of hydrogen-bond acceptors (Lipinski definition) is 2. The van der Waals surface area contributed by atoms with E-state index in [4.69, 9.17) is 5.11 Å². The van der Waals surface area contributed by atoms with E-state index in [0.717, 1.165) is 31.6 Å². The average Bonchev–Trinajstić information content (AvgIpc) is 2.43. The molecule has 1 saturated heterocycles. The number of carbonyl (C=O) groups is 2. The van der Waals surface area contributed by atoms with Gasteiger partial charge < -0.3 is 15.3 Å². The van der Waals surface area contributed by atoms with Gasteiger partial charge in [0.25, 0.3) is 0 Å². The Bertz CT molecular complexity index is 372. The lowest BCUT2D eigenvalue weighted by Crippen LogP contribution is -2.50. The second-order valence-corrected chi connectivity index (χ2v) is 6.54. The summed E-state index contributed by atoms with van der Waals surface area (Å²) < 4.78 is 0. The van der Waals surface area contributed by atoms with Crippen LogP contribution in [0.1, 0.15) is 46.0 Å². The summed E-state index contributed by atoms with van der Waals surface area (Å²) in [4.78, 5) is 24.9. The van der Waals surface area contributed by atoms with E-state index in [2.05, 4.69) is 19.2 Å². The van der Waals surface area contributed by atoms with Crippen molar-refractivity contribution in [3.8, 4) is 0 Å². The number of amides is 2. The zero-order valence-corrected chi connectivity index (χ0v) is 12.5. The standard InChI is InChI=1S/C15H26N2O3/c1-10-5-6-13(8-11(10)2)16-15(20)17-7-3-4-12(9-17)14(18)19/h10-13H,3-9H2,1-2H3,(H,16,20)(H,18,19). The molecule has 1 saturated carbocycles. The first-order valence-corrected chi connectivity index (χ1v) is 7.75. The summed E-state index contributed by atoms with van der Waals surface area (Å²) in [5.41, 5.74) is 0. The molecule has 0 aromatic carbocycles. The molecular weight excluding hydrogens is 256 g/mol. The normalized spacial score (nSPS) is 34.6. The Balaban J connectivity index is 1.84. The van der Waals surface area contributed by atoms with Gasteiger partial charge in [-0.1, -0.05) is 13.8 Å². The lowest BCUT2D eigenvalue weighted by Gasteiger charge is -2.36. The summed E-state index contributed by atoms with van der Waals surface area (Å²) in [7, 11) is 0. The van der Waals surface area contributed by atoms with Gasteiger partial charge in [0.2, 0.25) is 0 Å². The van der Waals surface area contributed by atoms with Gasteiger partial charge in [-0.25, -0.2) is 4.79 Å². The number of urea groups is 1. The minimum Gasteiger partial charge on any atom is -0.481 e. The molecule has 0 spiro atoms. The molecule has 4 unspecified atom stereocenters. The Morgan fingerprint density at radius 2 is 1.90 bits per heavy atom. The fraction of sp³-hybridized carbons (Fsp3) is 0.867. The van der Waals surface area contributed by atoms with Crippen LogP contribution < -0.4 is 5.32 Å². The number of likely N-dealkylation sites (tertiary alicyclic amines) is 1. The molecule has 5 heteroatoms. The number of carboxylic acids is 1. The van der Waals surface area contributed by atoms with Gasteiger partial charge in [0.15, 0.2) is 0 Å². The molecule has 20 heavy (non-hydrogen) atoms. The summed E-state index contributed by atoms with van der Waals surface area (Å²) in [6.07, 6.45) is 4.68. The van der Waals surface area contributed by atoms with Crippen molar-refractivity contribution in [1.82, 2.24) is 10.2 Å². The highest BCUT2D eigenvalue weighted by Crippen LogP contribution is 2.29. The summed E-state index contributed by atoms with van der Waals surface area (Å²) in [6, 6.07) is 0.168. The molecule has 0 aromatic rings. The predicted octanol–water partition coefficient (Wildman–Crippen LogP) is 2.32. The van der Waals surface area contributed by atoms with Gasteiger partial charge >= 0.3 is 12.0 Å². The van der Waals surface area contributed by atoms with Crippen LogP contribution in [0.5, 0.6) is 0 Å². The van der Waals surface area contributed by atoms with Gasteiger partial charge in [-0.2, -0.15) is 0 Å². The Kier molecular flexibility index (Phi) is 4.89. The first-order valence-electron chi connectivity index (χ1n) is 7.75. The molecule has 4 atom stereocenters. The van der Waals surface area contributed by atoms with Crippen molar-refractivity contribution in [1.29, 1.82) is 0 Å². The first-order chi connectivity index (χ1) is 9.47. The van der Waals surface area contributed by atoms with E-state index in [1.54, 1.807) is 4.90 Å². The van der Waals surface area contributed by atoms with Crippen molar-refractivity contribution < 1.29 is 14.7 Å². The molecule has 2 aliphatic rings. The Labute approximate surface area is 120 Å². The summed E-state index contributed by atoms with van der Waals surface area (Å²) in [6.45, 7) is 5.53. The summed E-state index contributed by atoms with van der Waals surface area (Å²) in [5, 5.41) is 12.2. The number of hydrogen-bond donors (Lipinski definition) is 2. The zero-order valence-electron chi connectivity index (χ0n) is 12.5. The Morgan fingerprint density at radius 1 is 1.15 bits per heavy atom. The fourth-order valence-corrected chi connectivity index (χ4v) is 3.31. The lowest BCUT2D eigenvalue weighted by atomic mass is 9.79. The fourth-order valence-electron chi connectivity index (χ4n) is 3.31. The maximum atomic E-state index is 12.2. The highest BCUT2D eigenvalue weighted by atomic mass is 16.4. The Hall–Kier alpha value is -1.26. The minimum atomic E-state index is -0.789. The SMILES string of the molecule is CC1CCC(NC(=O)N2CCCC(C(=O)O)C2)CC1C. The largest absolute Gasteiger partial charge is 0.481 e. The number of carboxylic acid groups (broad SMARTS) is 1. The van der Waals surface area contributed by atoms with E-state index < -0.39 is 11.9 Å². The lowest BCUT2D eigenvalue weighted by molar-refractivity contribution is -0.143. The van der Waals surface area contributed by atoms with E-state index in [9.17, 15) is 9.59 Å². The van der Waals surface area contributed by atoms with E-state index in [-0.39, 0.29) is 12.1 Å². The third-order valence-electron chi connectivity index (χ3n) is 4.98. The molecule has 0 radical (unpaired) electrons. The number of piperidine rings is 1. The second kappa shape index (κ2) is 6.46. The molecule has 2 rings (SSSR count). The van der Waals surface area contributed by atoms with Crippen molar-refractivity contribution in [2.75, 3.05) is 13.1 Å². The first kappa shape index (κ1) is 15.1. The van der Waals surface area contributed by atoms with Crippen LogP contribution in [-0.2, 0) is 4.79 Å². The molecule has 2 fully saturated rings. The number of nitrogens with zero attached hydrogens (tertiary/aromatic N) is 1. The van der Waals surface area contributed by atoms with Gasteiger partial charge in [-0.3, -0.25) is 4.79 Å². The highest BCUT2D eigenvalue weighted by Gasteiger charge is 2.30. The predicted molar refractivity (Wildman–Crippen MR) is 76.4 cm³/mol. The Morgan fingerprint density at radius 3 is 2.55 bits per heavy atom. The van der Waals surface area contributed by atoms with Crippen LogP contribution in [0.3, 0.4) is 0 Å². The van der Waals surface area contributed by atoms with Crippen molar-refractivity contribution in [2.45, 2.75) is 52.0 Å². The van der Waals surface area contributed by atoms with Gasteiger partial charge in [-0.05, 0) is 43.9 Å². The van der Waals surface area contributed by atoms with Gasteiger partial charge in [0.1, 0.15) is 0 Å². The number of rotatable bonds is 2. The van der Waals surface area contributed by atoms with Crippen LogP contribution in [0, 0.1) is 17.8 Å². The topological polar surface area (TPSA) is 69.6 Å². The maximum absolute atomic E-state index is 12.2. The van der Waals surface area contributed by atoms with Gasteiger partial charge in [0, 0.05) is 19.1 Å². The van der Waals surface area contributed by atoms with Crippen molar-refractivity contribution in [3.05, 3.63) is 0 Å². The van der Waals surface area contributed by atoms with Crippen LogP contribution in [-0.4, -0.2) is 41.1 Å². The molecule has 1 heterocycles. The molecular formula is C15H26N2O3. The number of nitrogens with one attached hydrogen (secondary N) is 1. The van der Waals surface area contributed by atoms with Crippen LogP contribution >= 0.6 is 0 Å². The van der Waals surface area contributed by atoms with Crippen molar-refractivity contribution in [2.24, 2.45) is 17.8 Å². The molecule has 2 N–H and O–H groups in total. The van der Waals surface area contributed by atoms with Gasteiger partial charge in [0.05, 0.1) is 5.92 Å². The van der Waals surface area contributed by atoms with Crippen LogP contribution in [0.15, 0.2) is 0 Å². The quantitative estimate of drug-likeness (QED) is 0.816. The summed E-state index contributed by atoms with van der Waals surface area (Å²) >= 11 is 0. The molecule has 114 valence electrons. The van der Waals surface area contributed by atoms with Crippen LogP contribution in [0.2, 0.25) is 0 Å². The van der Waals surface area contributed by atoms with Crippen LogP contribution in [0.25, 0.3) is 0 Å². The molecule has 1 aliphatic carbocycles. The zero-order chi connectivity index (χ0) is 14.7. The summed E-state index contributed by atoms with van der Waals surface area (Å²) in [5.74, 6) is 0.180. The van der Waals surface area contributed by atoms with E-state index in [1.165, 1.54) is 0 Å². The van der Waals surface area contributed by atoms with E-state index in [0.29, 0.717) is 25.4 Å². The number of carbonyl (C=O) groups excluding carboxylic acids is 1. The van der Waals surface area contributed by atoms with E-state index >= 15 is 0 Å². The van der Waals surface area contributed by atoms with Crippen LogP contribution in [0.4, 0.5) is 4.79 Å². The second-order valence-electron chi connectivity index (χ2n) is 6.54. The highest BCUT2D eigenvalue weighted by molar-refractivity contribution is 5.76. The third kappa shape index (κ3) is 3.64. The molecule has 1 aliphatic heterocycles. The van der Waals surface area contributed by atoms with E-state index in [1.807, 2.05) is 0 Å².